The summed E-state index contributed by atoms with van der Waals surface area (Å²) in [4.78, 5) is 95.2. The molecule has 0 unspecified atom stereocenters. The lowest BCUT2D eigenvalue weighted by molar-refractivity contribution is 0.0603. The zero-order valence-corrected chi connectivity index (χ0v) is 66.2. The van der Waals surface area contributed by atoms with Crippen LogP contribution in [0.15, 0.2) is 313 Å². The summed E-state index contributed by atoms with van der Waals surface area (Å²) in [6.07, 6.45) is 10.9. The van der Waals surface area contributed by atoms with Crippen molar-refractivity contribution in [2.24, 2.45) is 0 Å². The Morgan fingerprint density at radius 3 is 0.941 bits per heavy atom. The van der Waals surface area contributed by atoms with E-state index in [1.165, 1.54) is 6.07 Å². The molecule has 16 rings (SSSR count). The van der Waals surface area contributed by atoms with E-state index in [1.807, 2.05) is 231 Å². The van der Waals surface area contributed by atoms with Crippen LogP contribution in [0.5, 0.6) is 17.2 Å². The van der Waals surface area contributed by atoms with Crippen LogP contribution in [0.25, 0.3) is 0 Å². The summed E-state index contributed by atoms with van der Waals surface area (Å²) in [5.41, 5.74) is 9.11. The molecule has 0 aliphatic carbocycles. The van der Waals surface area contributed by atoms with Gasteiger partial charge in [-0.2, -0.15) is 0 Å². The third kappa shape index (κ3) is 18.1. The molecule has 0 bridgehead atoms. The molecule has 3 aliphatic heterocycles. The predicted octanol–water partition coefficient (Wildman–Crippen LogP) is 11.8. The van der Waals surface area contributed by atoms with Crippen LogP contribution >= 0.6 is 0 Å². The van der Waals surface area contributed by atoms with Crippen molar-refractivity contribution < 1.29 is 43.2 Å². The molecule has 13 aromatic rings. The fraction of sp³-hybridized carbons (Fsp3) is 0.226. The first-order chi connectivity index (χ1) is 57.8. The van der Waals surface area contributed by atoms with Crippen molar-refractivity contribution in [3.05, 3.63) is 408 Å². The molecule has 5 aromatic heterocycles. The number of hydrogen-bond donors (Lipinski definition) is 1. The minimum atomic E-state index is -0.603. The van der Waals surface area contributed by atoms with Crippen LogP contribution in [0.1, 0.15) is 118 Å². The molecule has 602 valence electrons. The zero-order chi connectivity index (χ0) is 81.9. The second-order valence-corrected chi connectivity index (χ2v) is 28.5. The standard InChI is InChI=1S/C34H33N5O4.C32H33N3O4.C27H27N5O4/c1-42-20-19-37-25-38(31(27-13-7-3-8-14-27)28-15-9-4-10-16-28)39-29(22-36-18-17-35-24-36)21-30(40)33(32(39)34(37)41)43-23-26-11-5-2-6-12-26;1-3-27-21-28(36)31(39-22-24-13-7-4-8-14-24)30-32(37)33(19-20-38-2)23-34(35(27)30)29(25-15-9-5-10-16-25)26-17-11-6-12-18-26;1-36-15-14-30-19-31(24(20-8-4-2-5-9-20)21-10-6-3-7-11-21)32-22(17-29-13-12-28-18-29)16-23(33)26(34)25(32)27(30)35/h2-18,21,24,31H,19-20,22-23,25H2,1H3;4-18,21,29H,3,19-20,22-23H2,1-2H3;2-13,16,18,24,34H,14-15,17,19H2,1H3. The van der Waals surface area contributed by atoms with E-state index >= 15 is 0 Å². The van der Waals surface area contributed by atoms with E-state index in [9.17, 15) is 33.9 Å². The minimum absolute atomic E-state index is 0.0234. The summed E-state index contributed by atoms with van der Waals surface area (Å²) in [7, 11) is 4.80. The van der Waals surface area contributed by atoms with E-state index in [4.69, 9.17) is 23.7 Å². The first-order valence-electron chi connectivity index (χ1n) is 39.1. The van der Waals surface area contributed by atoms with E-state index in [0.29, 0.717) is 77.0 Å². The lowest BCUT2D eigenvalue weighted by atomic mass is 9.98. The lowest BCUT2D eigenvalue weighted by Gasteiger charge is -2.45. The molecule has 118 heavy (non-hydrogen) atoms. The molecular formula is C93H93N13O12. The average molecular weight is 1580 g/mol. The van der Waals surface area contributed by atoms with E-state index < -0.39 is 17.1 Å². The molecule has 0 atom stereocenters. The van der Waals surface area contributed by atoms with E-state index in [0.717, 1.165) is 50.2 Å². The highest BCUT2D eigenvalue weighted by atomic mass is 16.5. The molecule has 0 fully saturated rings. The molecular weight excluding hydrogens is 1490 g/mol. The number of carbonyl (C=O) groups is 3. The number of ether oxygens (including phenoxy) is 5. The summed E-state index contributed by atoms with van der Waals surface area (Å²) in [5, 5.41) is 17.2. The number of aryl methyl sites for hydroxylation is 1. The van der Waals surface area contributed by atoms with Gasteiger partial charge in [-0.15, -0.1) is 0 Å². The highest BCUT2D eigenvalue weighted by Gasteiger charge is 2.42. The Kier molecular flexibility index (Phi) is 26.3. The number of fused-ring (bicyclic) bond motifs is 3. The Labute approximate surface area is 683 Å². The topological polar surface area (TPSA) is 239 Å². The van der Waals surface area contributed by atoms with Crippen LogP contribution in [0, 0.1) is 0 Å². The molecule has 3 aliphatic rings. The van der Waals surface area contributed by atoms with Crippen molar-refractivity contribution >= 4 is 17.7 Å². The summed E-state index contributed by atoms with van der Waals surface area (Å²) >= 11 is 0. The summed E-state index contributed by atoms with van der Waals surface area (Å²) in [5.74, 6) is -1.45. The van der Waals surface area contributed by atoms with Crippen molar-refractivity contribution in [3.63, 3.8) is 0 Å². The monoisotopic (exact) mass is 1580 g/mol. The van der Waals surface area contributed by atoms with Gasteiger partial charge in [0.15, 0.2) is 34.3 Å². The smallest absolute Gasteiger partial charge is 0.277 e. The fourth-order valence-corrected chi connectivity index (χ4v) is 15.2. The van der Waals surface area contributed by atoms with Crippen molar-refractivity contribution in [2.45, 2.75) is 57.8 Å². The number of nitrogens with zero attached hydrogens (tertiary/aromatic N) is 13. The largest absolute Gasteiger partial charge is 0.502 e. The SMILES string of the molecule is CCc1cc(=O)c(OCc2ccccc2)c2n1N(C(c1ccccc1)c1ccccc1)CN(CCOC)C2=O.COCCN1CN(C(c2ccccc2)c2ccccc2)n2c(Cn3ccnc3)cc(=O)c(O)c2C1=O.COCCN1CN(C(c2ccccc2)c2ccccc2)n2c(Cn3ccnc3)cc(=O)c(OCc3ccccc3)c2C1=O. The molecule has 8 heterocycles. The Morgan fingerprint density at radius 2 is 0.644 bits per heavy atom. The van der Waals surface area contributed by atoms with Crippen molar-refractivity contribution in [3.8, 4) is 17.2 Å². The summed E-state index contributed by atoms with van der Waals surface area (Å²) in [6.45, 7) is 5.83. The van der Waals surface area contributed by atoms with E-state index in [-0.39, 0.29) is 95.9 Å². The van der Waals surface area contributed by atoms with Crippen molar-refractivity contribution in [1.29, 1.82) is 0 Å². The van der Waals surface area contributed by atoms with Gasteiger partial charge >= 0.3 is 0 Å². The number of pyridine rings is 3. The number of rotatable bonds is 29. The van der Waals surface area contributed by atoms with Crippen LogP contribution in [0.4, 0.5) is 0 Å². The van der Waals surface area contributed by atoms with Gasteiger partial charge in [0.1, 0.15) is 33.2 Å². The van der Waals surface area contributed by atoms with Gasteiger partial charge in [0.2, 0.25) is 16.3 Å². The molecule has 0 radical (unpaired) electrons. The van der Waals surface area contributed by atoms with Crippen LogP contribution in [-0.2, 0) is 46.9 Å². The highest BCUT2D eigenvalue weighted by Crippen LogP contribution is 2.38. The third-order valence-corrected chi connectivity index (χ3v) is 20.8. The summed E-state index contributed by atoms with van der Waals surface area (Å²) in [6, 6.07) is 83.7. The quantitative estimate of drug-likeness (QED) is 0.0458. The molecule has 0 saturated heterocycles. The van der Waals surface area contributed by atoms with Crippen LogP contribution in [0.2, 0.25) is 0 Å². The van der Waals surface area contributed by atoms with Crippen molar-refractivity contribution in [2.75, 3.05) is 95.8 Å². The Balaban J connectivity index is 0.000000146. The number of aromatic hydroxyl groups is 1. The van der Waals surface area contributed by atoms with Gasteiger partial charge in [-0.3, -0.25) is 48.5 Å². The molecule has 25 heteroatoms. The normalized spacial score (nSPS) is 13.1. The molecule has 0 spiro atoms. The second kappa shape index (κ2) is 38.5. The molecule has 0 saturated carbocycles. The van der Waals surface area contributed by atoms with Gasteiger partial charge in [-0.05, 0) is 50.9 Å². The predicted molar refractivity (Wildman–Crippen MR) is 450 cm³/mol. The van der Waals surface area contributed by atoms with Gasteiger partial charge in [0.25, 0.3) is 17.7 Å². The number of benzene rings is 8. The van der Waals surface area contributed by atoms with Crippen LogP contribution in [0.3, 0.4) is 0 Å². The number of methoxy groups -OCH3 is 3. The average Bonchev–Trinajstić information content (AvgIpc) is 0.763. The van der Waals surface area contributed by atoms with Crippen LogP contribution < -0.4 is 40.8 Å². The van der Waals surface area contributed by atoms with Crippen molar-refractivity contribution in [1.82, 2.24) is 47.8 Å². The van der Waals surface area contributed by atoms with E-state index in [1.54, 1.807) is 84.1 Å². The number of carbonyl (C=O) groups excluding carboxylic acids is 3. The maximum Gasteiger partial charge on any atom is 0.277 e. The number of hydrogen-bond acceptors (Lipinski definition) is 17. The highest BCUT2D eigenvalue weighted by molar-refractivity contribution is 5.98. The molecule has 25 nitrogen and oxygen atoms in total. The number of imidazole rings is 2. The maximum absolute atomic E-state index is 14.3. The first kappa shape index (κ1) is 80.7. The zero-order valence-electron chi connectivity index (χ0n) is 66.2. The lowest BCUT2D eigenvalue weighted by Crippen LogP contribution is -2.57. The maximum atomic E-state index is 14.3. The molecule has 1 N–H and O–H groups in total. The Hall–Kier alpha value is -13.9. The van der Waals surface area contributed by atoms with Gasteiger partial charge in [0.05, 0.1) is 75.1 Å². The Morgan fingerprint density at radius 1 is 0.364 bits per heavy atom. The number of amides is 3. The first-order valence-corrected chi connectivity index (χ1v) is 39.1. The second-order valence-electron chi connectivity index (χ2n) is 28.5. The van der Waals surface area contributed by atoms with Gasteiger partial charge < -0.3 is 52.6 Å². The third-order valence-electron chi connectivity index (χ3n) is 20.8. The fourth-order valence-electron chi connectivity index (χ4n) is 15.2. The number of aromatic nitrogens is 7. The van der Waals surface area contributed by atoms with Gasteiger partial charge in [-0.25, -0.2) is 19.3 Å². The summed E-state index contributed by atoms with van der Waals surface area (Å²) < 4.78 is 37.5. The van der Waals surface area contributed by atoms with Gasteiger partial charge in [0, 0.05) is 89.6 Å². The Bertz CT molecular complexity index is 5540. The van der Waals surface area contributed by atoms with Gasteiger partial charge in [-0.1, -0.05) is 250 Å². The van der Waals surface area contributed by atoms with E-state index in [2.05, 4.69) is 68.5 Å². The van der Waals surface area contributed by atoms with Crippen LogP contribution in [-0.4, -0.2) is 151 Å². The molecule has 8 aromatic carbocycles. The molecule has 3 amide bonds. The minimum Gasteiger partial charge on any atom is -0.502 e.